The Hall–Kier alpha value is -2.55. The third-order valence-electron chi connectivity index (χ3n) is 5.46. The van der Waals surface area contributed by atoms with Gasteiger partial charge in [0.15, 0.2) is 5.76 Å². The van der Waals surface area contributed by atoms with E-state index in [1.165, 1.54) is 23.5 Å². The lowest BCUT2D eigenvalue weighted by molar-refractivity contribution is 0.0998. The Morgan fingerprint density at radius 1 is 1.13 bits per heavy atom. The minimum atomic E-state index is -3.74. The Morgan fingerprint density at radius 3 is 2.58 bits per heavy atom. The predicted molar refractivity (Wildman–Crippen MR) is 120 cm³/mol. The summed E-state index contributed by atoms with van der Waals surface area (Å²) in [5.41, 5.74) is 1.54. The van der Waals surface area contributed by atoms with E-state index in [-0.39, 0.29) is 16.4 Å². The molecular formula is C22H23ClN2O5S. The summed E-state index contributed by atoms with van der Waals surface area (Å²) in [6, 6.07) is 9.70. The first-order valence-electron chi connectivity index (χ1n) is 9.99. The second-order valence-electron chi connectivity index (χ2n) is 7.48. The van der Waals surface area contributed by atoms with E-state index >= 15 is 0 Å². The van der Waals surface area contributed by atoms with Gasteiger partial charge in [0, 0.05) is 34.7 Å². The summed E-state index contributed by atoms with van der Waals surface area (Å²) >= 11 is 6.05. The summed E-state index contributed by atoms with van der Waals surface area (Å²) in [6.07, 6.45) is 2.67. The average molecular weight is 463 g/mol. The van der Waals surface area contributed by atoms with E-state index in [9.17, 15) is 13.2 Å². The molecule has 1 fully saturated rings. The molecule has 1 N–H and O–H groups in total. The maximum absolute atomic E-state index is 13.2. The van der Waals surface area contributed by atoms with Gasteiger partial charge in [0.25, 0.3) is 5.91 Å². The van der Waals surface area contributed by atoms with Gasteiger partial charge in [0.05, 0.1) is 7.11 Å². The van der Waals surface area contributed by atoms with E-state index in [2.05, 4.69) is 5.32 Å². The molecule has 3 aromatic rings. The first kappa shape index (κ1) is 21.7. The van der Waals surface area contributed by atoms with Crippen molar-refractivity contribution in [1.29, 1.82) is 0 Å². The number of amides is 1. The molecular weight excluding hydrogens is 440 g/mol. The molecule has 7 nitrogen and oxygen atoms in total. The SMILES string of the molecule is COc1ccc(NC(=O)c2oc3ccc(Cl)cc3c2C)cc1S(=O)(=O)N1CCCCC1. The number of carbonyl (C=O) groups excluding carboxylic acids is 1. The zero-order valence-electron chi connectivity index (χ0n) is 17.3. The molecule has 1 saturated heterocycles. The van der Waals surface area contributed by atoms with Crippen LogP contribution in [-0.4, -0.2) is 38.8 Å². The fourth-order valence-electron chi connectivity index (χ4n) is 3.80. The number of aryl methyl sites for hydroxylation is 1. The van der Waals surface area contributed by atoms with Crippen molar-refractivity contribution >= 4 is 44.2 Å². The highest BCUT2D eigenvalue weighted by atomic mass is 35.5. The van der Waals surface area contributed by atoms with Crippen molar-refractivity contribution in [2.24, 2.45) is 0 Å². The number of methoxy groups -OCH3 is 1. The predicted octanol–water partition coefficient (Wildman–Crippen LogP) is 4.83. The third kappa shape index (κ3) is 4.15. The third-order valence-corrected chi connectivity index (χ3v) is 7.61. The fourth-order valence-corrected chi connectivity index (χ4v) is 5.67. The van der Waals surface area contributed by atoms with Gasteiger partial charge < -0.3 is 14.5 Å². The maximum Gasteiger partial charge on any atom is 0.291 e. The molecule has 1 amide bonds. The Kier molecular flexibility index (Phi) is 5.96. The summed E-state index contributed by atoms with van der Waals surface area (Å²) in [5, 5.41) is 4.04. The standard InChI is InChI=1S/C22H23ClN2O5S/c1-14-17-12-15(23)6-8-18(17)30-21(14)22(26)24-16-7-9-19(29-2)20(13-16)31(27,28)25-10-4-3-5-11-25/h6-9,12-13H,3-5,10-11H2,1-2H3,(H,24,26). The van der Waals surface area contributed by atoms with Gasteiger partial charge in [-0.05, 0) is 56.2 Å². The molecule has 0 spiro atoms. The van der Waals surface area contributed by atoms with Gasteiger partial charge in [-0.25, -0.2) is 8.42 Å². The molecule has 1 aromatic heterocycles. The first-order chi connectivity index (χ1) is 14.8. The summed E-state index contributed by atoms with van der Waals surface area (Å²) in [4.78, 5) is 12.9. The fraction of sp³-hybridized carbons (Fsp3) is 0.318. The largest absolute Gasteiger partial charge is 0.495 e. The van der Waals surface area contributed by atoms with Crippen molar-refractivity contribution < 1.29 is 22.4 Å². The number of nitrogens with zero attached hydrogens (tertiary/aromatic N) is 1. The lowest BCUT2D eigenvalue weighted by atomic mass is 10.1. The number of rotatable bonds is 5. The van der Waals surface area contributed by atoms with E-state index < -0.39 is 15.9 Å². The molecule has 0 bridgehead atoms. The Balaban J connectivity index is 1.66. The smallest absolute Gasteiger partial charge is 0.291 e. The first-order valence-corrected chi connectivity index (χ1v) is 11.8. The summed E-state index contributed by atoms with van der Waals surface area (Å²) in [5.74, 6) is -0.0945. The monoisotopic (exact) mass is 462 g/mol. The van der Waals surface area contributed by atoms with E-state index in [1.807, 2.05) is 0 Å². The van der Waals surface area contributed by atoms with E-state index in [0.717, 1.165) is 24.6 Å². The van der Waals surface area contributed by atoms with Crippen LogP contribution in [0.15, 0.2) is 45.7 Å². The van der Waals surface area contributed by atoms with Gasteiger partial charge in [-0.15, -0.1) is 0 Å². The zero-order chi connectivity index (χ0) is 22.2. The number of piperidine rings is 1. The van der Waals surface area contributed by atoms with Crippen molar-refractivity contribution in [1.82, 2.24) is 4.31 Å². The van der Waals surface area contributed by atoms with Crippen molar-refractivity contribution in [3.63, 3.8) is 0 Å². The zero-order valence-corrected chi connectivity index (χ0v) is 18.8. The van der Waals surface area contributed by atoms with Crippen molar-refractivity contribution in [3.8, 4) is 5.75 Å². The molecule has 0 radical (unpaired) electrons. The molecule has 164 valence electrons. The minimum Gasteiger partial charge on any atom is -0.495 e. The van der Waals surface area contributed by atoms with Crippen LogP contribution >= 0.6 is 11.6 Å². The highest BCUT2D eigenvalue weighted by Gasteiger charge is 2.29. The van der Waals surface area contributed by atoms with Crippen LogP contribution in [0, 0.1) is 6.92 Å². The van der Waals surface area contributed by atoms with Crippen LogP contribution in [0.5, 0.6) is 5.75 Å². The van der Waals surface area contributed by atoms with Gasteiger partial charge in [0.2, 0.25) is 10.0 Å². The van der Waals surface area contributed by atoms with Crippen LogP contribution in [0.3, 0.4) is 0 Å². The normalized spacial score (nSPS) is 15.2. The second-order valence-corrected chi connectivity index (χ2v) is 9.82. The number of halogens is 1. The molecule has 4 rings (SSSR count). The van der Waals surface area contributed by atoms with Crippen molar-refractivity contribution in [3.05, 3.63) is 52.7 Å². The number of furan rings is 1. The van der Waals surface area contributed by atoms with Gasteiger partial charge >= 0.3 is 0 Å². The van der Waals surface area contributed by atoms with Crippen LogP contribution in [0.2, 0.25) is 5.02 Å². The van der Waals surface area contributed by atoms with Crippen LogP contribution in [0.4, 0.5) is 5.69 Å². The van der Waals surface area contributed by atoms with Gasteiger partial charge in [-0.3, -0.25) is 4.79 Å². The van der Waals surface area contributed by atoms with E-state index in [4.69, 9.17) is 20.8 Å². The lowest BCUT2D eigenvalue weighted by Gasteiger charge is -2.26. The van der Waals surface area contributed by atoms with Crippen molar-refractivity contribution in [2.75, 3.05) is 25.5 Å². The molecule has 1 aliphatic heterocycles. The number of ether oxygens (including phenoxy) is 1. The van der Waals surface area contributed by atoms with Crippen LogP contribution in [0.1, 0.15) is 35.4 Å². The van der Waals surface area contributed by atoms with Crippen molar-refractivity contribution in [2.45, 2.75) is 31.1 Å². The van der Waals surface area contributed by atoms with Crippen LogP contribution in [0.25, 0.3) is 11.0 Å². The molecule has 0 atom stereocenters. The highest BCUT2D eigenvalue weighted by molar-refractivity contribution is 7.89. The number of carbonyl (C=O) groups is 1. The number of fused-ring (bicyclic) bond motifs is 1. The number of nitrogens with one attached hydrogen (secondary N) is 1. The topological polar surface area (TPSA) is 88.8 Å². The average Bonchev–Trinajstić information content (AvgIpc) is 3.10. The number of benzene rings is 2. The van der Waals surface area contributed by atoms with Gasteiger partial charge in [-0.2, -0.15) is 4.31 Å². The summed E-state index contributed by atoms with van der Waals surface area (Å²) < 4.78 is 38.8. The molecule has 2 heterocycles. The molecule has 31 heavy (non-hydrogen) atoms. The number of hydrogen-bond donors (Lipinski definition) is 1. The molecule has 0 unspecified atom stereocenters. The second kappa shape index (κ2) is 8.53. The number of sulfonamides is 1. The Morgan fingerprint density at radius 2 is 1.87 bits per heavy atom. The maximum atomic E-state index is 13.2. The minimum absolute atomic E-state index is 0.0304. The highest BCUT2D eigenvalue weighted by Crippen LogP contribution is 2.32. The van der Waals surface area contributed by atoms with Crippen LogP contribution < -0.4 is 10.1 Å². The Labute approximate surface area is 186 Å². The molecule has 1 aliphatic rings. The molecule has 9 heteroatoms. The molecule has 2 aromatic carbocycles. The summed E-state index contributed by atoms with van der Waals surface area (Å²) in [6.45, 7) is 2.73. The van der Waals surface area contributed by atoms with Gasteiger partial charge in [0.1, 0.15) is 16.2 Å². The number of hydrogen-bond acceptors (Lipinski definition) is 5. The lowest BCUT2D eigenvalue weighted by Crippen LogP contribution is -2.35. The van der Waals surface area contributed by atoms with E-state index in [0.29, 0.717) is 34.9 Å². The van der Waals surface area contributed by atoms with Gasteiger partial charge in [-0.1, -0.05) is 18.0 Å². The number of anilines is 1. The molecule has 0 saturated carbocycles. The summed E-state index contributed by atoms with van der Waals surface area (Å²) in [7, 11) is -2.32. The van der Waals surface area contributed by atoms with E-state index in [1.54, 1.807) is 31.2 Å². The van der Waals surface area contributed by atoms with Crippen LogP contribution in [-0.2, 0) is 10.0 Å². The molecule has 0 aliphatic carbocycles. The quantitative estimate of drug-likeness (QED) is 0.586. The Bertz CT molecular complexity index is 1250.